The molecule has 29 heavy (non-hydrogen) atoms. The molecule has 8 heteroatoms. The zero-order valence-electron chi connectivity index (χ0n) is 15.9. The minimum Gasteiger partial charge on any atom is -0.504 e. The van der Waals surface area contributed by atoms with Crippen LogP contribution in [0, 0.1) is 6.92 Å². The smallest absolute Gasteiger partial charge is 0.347 e. The monoisotopic (exact) mass is 409 g/mol. The Morgan fingerprint density at radius 1 is 1.41 bits per heavy atom. The van der Waals surface area contributed by atoms with E-state index >= 15 is 0 Å². The van der Waals surface area contributed by atoms with Crippen molar-refractivity contribution in [3.63, 3.8) is 0 Å². The average molecular weight is 409 g/mol. The number of carbonyl (C=O) groups is 1. The number of carbonyl (C=O) groups excluding carboxylic acids is 1. The Kier molecular flexibility index (Phi) is 5.18. The Balaban J connectivity index is 1.70. The highest BCUT2D eigenvalue weighted by Gasteiger charge is 2.27. The summed E-state index contributed by atoms with van der Waals surface area (Å²) in [5.74, 6) is -0.00136. The maximum Gasteiger partial charge on any atom is 0.347 e. The first-order valence-electron chi connectivity index (χ1n) is 9.09. The van der Waals surface area contributed by atoms with Crippen LogP contribution in [0.4, 0.5) is 11.7 Å². The van der Waals surface area contributed by atoms with E-state index in [1.807, 2.05) is 30.5 Å². The SMILES string of the molecule is CCOC(=O)c1c(NCc2sccc2C)oc(C=C2C=Nc3ncccc32)c1O. The number of rotatable bonds is 6. The second-order valence-corrected chi connectivity index (χ2v) is 7.35. The van der Waals surface area contributed by atoms with Crippen molar-refractivity contribution in [2.75, 3.05) is 11.9 Å². The number of allylic oxidation sites excluding steroid dienone is 1. The largest absolute Gasteiger partial charge is 0.504 e. The summed E-state index contributed by atoms with van der Waals surface area (Å²) in [5, 5.41) is 15.8. The summed E-state index contributed by atoms with van der Waals surface area (Å²) in [7, 11) is 0. The topological polar surface area (TPSA) is 97.0 Å². The highest BCUT2D eigenvalue weighted by atomic mass is 32.1. The Morgan fingerprint density at radius 3 is 3.03 bits per heavy atom. The number of furan rings is 1. The van der Waals surface area contributed by atoms with Crippen LogP contribution in [0.25, 0.3) is 11.6 Å². The molecule has 0 amide bonds. The van der Waals surface area contributed by atoms with Crippen molar-refractivity contribution in [1.82, 2.24) is 4.98 Å². The molecule has 0 bridgehead atoms. The van der Waals surface area contributed by atoms with Crippen LogP contribution in [0.2, 0.25) is 0 Å². The summed E-state index contributed by atoms with van der Waals surface area (Å²) in [6.07, 6.45) is 4.94. The molecule has 7 nitrogen and oxygen atoms in total. The van der Waals surface area contributed by atoms with Gasteiger partial charge in [0.2, 0.25) is 5.88 Å². The number of aromatic nitrogens is 1. The van der Waals surface area contributed by atoms with Crippen molar-refractivity contribution in [3.05, 3.63) is 57.1 Å². The lowest BCUT2D eigenvalue weighted by molar-refractivity contribution is 0.0524. The van der Waals surface area contributed by atoms with Gasteiger partial charge in [-0.05, 0) is 49.1 Å². The van der Waals surface area contributed by atoms with E-state index in [9.17, 15) is 9.90 Å². The lowest BCUT2D eigenvalue weighted by Crippen LogP contribution is -2.08. The van der Waals surface area contributed by atoms with Gasteiger partial charge in [0.1, 0.15) is 0 Å². The Bertz CT molecular complexity index is 1130. The number of hydrogen-bond donors (Lipinski definition) is 2. The van der Waals surface area contributed by atoms with E-state index < -0.39 is 5.97 Å². The molecule has 0 saturated carbocycles. The zero-order valence-corrected chi connectivity index (χ0v) is 16.7. The number of aryl methyl sites for hydroxylation is 1. The number of aromatic hydroxyl groups is 1. The number of anilines is 1. The molecule has 148 valence electrons. The van der Waals surface area contributed by atoms with Gasteiger partial charge >= 0.3 is 5.97 Å². The van der Waals surface area contributed by atoms with Crippen LogP contribution in [0.3, 0.4) is 0 Å². The molecular formula is C21H19N3O4S. The van der Waals surface area contributed by atoms with Gasteiger partial charge in [-0.15, -0.1) is 11.3 Å². The predicted octanol–water partition coefficient (Wildman–Crippen LogP) is 4.80. The standard InChI is InChI=1S/C21H19N3O4S/c1-3-27-21(26)17-18(25)15(9-13-10-23-19-14(13)5-4-7-22-19)28-20(17)24-11-16-12(2)6-8-29-16/h4-10,24-25H,3,11H2,1-2H3. The van der Waals surface area contributed by atoms with Crippen LogP contribution >= 0.6 is 11.3 Å². The van der Waals surface area contributed by atoms with Gasteiger partial charge in [0.05, 0.1) is 13.2 Å². The van der Waals surface area contributed by atoms with Crippen molar-refractivity contribution < 1.29 is 19.1 Å². The van der Waals surface area contributed by atoms with E-state index in [1.54, 1.807) is 36.7 Å². The minimum atomic E-state index is -0.647. The molecule has 0 aromatic carbocycles. The third-order valence-electron chi connectivity index (χ3n) is 4.48. The van der Waals surface area contributed by atoms with Crippen LogP contribution in [0.1, 0.15) is 39.0 Å². The Hall–Kier alpha value is -3.39. The fourth-order valence-corrected chi connectivity index (χ4v) is 3.83. The molecule has 2 N–H and O–H groups in total. The molecular weight excluding hydrogens is 390 g/mol. The van der Waals surface area contributed by atoms with E-state index in [4.69, 9.17) is 9.15 Å². The molecule has 0 aliphatic carbocycles. The number of thiophene rings is 1. The van der Waals surface area contributed by atoms with E-state index in [-0.39, 0.29) is 29.6 Å². The van der Waals surface area contributed by atoms with Gasteiger partial charge < -0.3 is 19.6 Å². The molecule has 1 aliphatic heterocycles. The number of esters is 1. The van der Waals surface area contributed by atoms with Gasteiger partial charge in [-0.1, -0.05) is 0 Å². The summed E-state index contributed by atoms with van der Waals surface area (Å²) >= 11 is 1.60. The van der Waals surface area contributed by atoms with Crippen molar-refractivity contribution in [3.8, 4) is 5.75 Å². The van der Waals surface area contributed by atoms with E-state index in [0.29, 0.717) is 12.4 Å². The molecule has 0 saturated heterocycles. The number of ether oxygens (including phenoxy) is 1. The molecule has 4 heterocycles. The molecule has 3 aromatic heterocycles. The number of pyridine rings is 1. The third-order valence-corrected chi connectivity index (χ3v) is 5.50. The van der Waals surface area contributed by atoms with Crippen LogP contribution < -0.4 is 5.32 Å². The fraction of sp³-hybridized carbons (Fsp3) is 0.190. The number of hydrogen-bond acceptors (Lipinski definition) is 8. The molecule has 0 fully saturated rings. The Labute approximate surface area is 171 Å². The van der Waals surface area contributed by atoms with Crippen molar-refractivity contribution in [2.24, 2.45) is 4.99 Å². The molecule has 4 rings (SSSR count). The zero-order chi connectivity index (χ0) is 20.4. The molecule has 1 aliphatic rings. The third kappa shape index (κ3) is 3.66. The maximum absolute atomic E-state index is 12.4. The molecule has 3 aromatic rings. The molecule has 0 unspecified atom stereocenters. The second kappa shape index (κ2) is 7.92. The lowest BCUT2D eigenvalue weighted by atomic mass is 10.1. The molecule has 0 radical (unpaired) electrons. The highest BCUT2D eigenvalue weighted by Crippen LogP contribution is 2.38. The number of nitrogens with zero attached hydrogens (tertiary/aromatic N) is 2. The van der Waals surface area contributed by atoms with Crippen molar-refractivity contribution in [2.45, 2.75) is 20.4 Å². The van der Waals surface area contributed by atoms with Gasteiger partial charge in [-0.2, -0.15) is 0 Å². The van der Waals surface area contributed by atoms with Gasteiger partial charge in [0.25, 0.3) is 0 Å². The Morgan fingerprint density at radius 2 is 2.28 bits per heavy atom. The van der Waals surface area contributed by atoms with Gasteiger partial charge in [0, 0.05) is 28.4 Å². The van der Waals surface area contributed by atoms with Crippen LogP contribution in [-0.4, -0.2) is 28.9 Å². The minimum absolute atomic E-state index is 0.0192. The van der Waals surface area contributed by atoms with Gasteiger partial charge in [-0.3, -0.25) is 0 Å². The van der Waals surface area contributed by atoms with E-state index in [0.717, 1.165) is 21.6 Å². The van der Waals surface area contributed by atoms with Crippen molar-refractivity contribution >= 4 is 46.9 Å². The summed E-state index contributed by atoms with van der Waals surface area (Å²) in [4.78, 5) is 22.0. The number of nitrogens with one attached hydrogen (secondary N) is 1. The van der Waals surface area contributed by atoms with Gasteiger partial charge in [0.15, 0.2) is 22.9 Å². The van der Waals surface area contributed by atoms with Crippen LogP contribution in [0.5, 0.6) is 5.75 Å². The maximum atomic E-state index is 12.4. The fourth-order valence-electron chi connectivity index (χ4n) is 2.98. The van der Waals surface area contributed by atoms with E-state index in [2.05, 4.69) is 15.3 Å². The predicted molar refractivity (Wildman–Crippen MR) is 113 cm³/mol. The normalized spacial score (nSPS) is 13.7. The van der Waals surface area contributed by atoms with Crippen LogP contribution in [-0.2, 0) is 11.3 Å². The van der Waals surface area contributed by atoms with Crippen molar-refractivity contribution in [1.29, 1.82) is 0 Å². The number of fused-ring (bicyclic) bond motifs is 1. The van der Waals surface area contributed by atoms with E-state index in [1.165, 1.54) is 0 Å². The summed E-state index contributed by atoms with van der Waals surface area (Å²) in [6, 6.07) is 5.71. The van der Waals surface area contributed by atoms with Gasteiger partial charge in [-0.25, -0.2) is 14.8 Å². The molecule has 0 atom stereocenters. The summed E-state index contributed by atoms with van der Waals surface area (Å²) in [5.41, 5.74) is 2.68. The first-order valence-corrected chi connectivity index (χ1v) is 9.97. The van der Waals surface area contributed by atoms with Crippen LogP contribution in [0.15, 0.2) is 39.2 Å². The first kappa shape index (κ1) is 18.9. The highest BCUT2D eigenvalue weighted by molar-refractivity contribution is 7.10. The average Bonchev–Trinajstić information content (AvgIpc) is 3.39. The summed E-state index contributed by atoms with van der Waals surface area (Å²) < 4.78 is 10.9. The lowest BCUT2D eigenvalue weighted by Gasteiger charge is -2.05. The number of aliphatic imine (C=N–C) groups is 1. The molecule has 0 spiro atoms. The first-order chi connectivity index (χ1) is 14.1. The quantitative estimate of drug-likeness (QED) is 0.568. The summed E-state index contributed by atoms with van der Waals surface area (Å²) in [6.45, 7) is 4.38. The second-order valence-electron chi connectivity index (χ2n) is 6.35.